The second-order valence-corrected chi connectivity index (χ2v) is 7.16. The van der Waals surface area contributed by atoms with Gasteiger partial charge in [0.1, 0.15) is 16.6 Å². The van der Waals surface area contributed by atoms with Crippen LogP contribution in [-0.4, -0.2) is 37.1 Å². The SMILES string of the molecule is CN=C(NCc1nc(C(F)(F)F)cs1)NC1CCN(c2ccc(F)cc2F)C1.I. The molecule has 0 aliphatic carbocycles. The monoisotopic (exact) mass is 547 g/mol. The number of aliphatic imine (C=N–C) groups is 1. The van der Waals surface area contributed by atoms with Crippen molar-refractivity contribution in [2.45, 2.75) is 25.2 Å². The molecule has 1 aromatic carbocycles. The first-order chi connectivity index (χ1) is 13.3. The molecular weight excluding hydrogens is 528 g/mol. The average Bonchev–Trinajstić information content (AvgIpc) is 3.27. The van der Waals surface area contributed by atoms with Gasteiger partial charge in [0.2, 0.25) is 0 Å². The van der Waals surface area contributed by atoms with Crippen molar-refractivity contribution < 1.29 is 22.0 Å². The molecule has 29 heavy (non-hydrogen) atoms. The Bertz CT molecular complexity index is 857. The molecule has 1 aliphatic heterocycles. The second kappa shape index (κ2) is 9.87. The molecule has 5 nitrogen and oxygen atoms in total. The minimum atomic E-state index is -4.46. The van der Waals surface area contributed by atoms with E-state index in [1.807, 2.05) is 0 Å². The molecule has 1 fully saturated rings. The Labute approximate surface area is 185 Å². The van der Waals surface area contributed by atoms with Crippen LogP contribution in [-0.2, 0) is 12.7 Å². The number of halogens is 6. The van der Waals surface area contributed by atoms with Crippen molar-refractivity contribution in [2.24, 2.45) is 4.99 Å². The van der Waals surface area contributed by atoms with Gasteiger partial charge in [0, 0.05) is 37.6 Å². The van der Waals surface area contributed by atoms with E-state index in [2.05, 4.69) is 20.6 Å². The van der Waals surface area contributed by atoms with Gasteiger partial charge in [-0.3, -0.25) is 4.99 Å². The number of nitrogens with zero attached hydrogens (tertiary/aromatic N) is 3. The van der Waals surface area contributed by atoms with Crippen LogP contribution in [0.4, 0.5) is 27.6 Å². The number of nitrogens with one attached hydrogen (secondary N) is 2. The van der Waals surface area contributed by atoms with Gasteiger partial charge in [0.15, 0.2) is 11.7 Å². The van der Waals surface area contributed by atoms with Gasteiger partial charge in [0.05, 0.1) is 12.2 Å². The van der Waals surface area contributed by atoms with E-state index in [-0.39, 0.29) is 41.6 Å². The molecule has 1 aromatic heterocycles. The molecule has 0 spiro atoms. The lowest BCUT2D eigenvalue weighted by Crippen LogP contribution is -2.44. The van der Waals surface area contributed by atoms with E-state index in [1.54, 1.807) is 11.9 Å². The van der Waals surface area contributed by atoms with Crippen molar-refractivity contribution in [3.8, 4) is 0 Å². The first-order valence-corrected chi connectivity index (χ1v) is 9.33. The second-order valence-electron chi connectivity index (χ2n) is 6.22. The Morgan fingerprint density at radius 3 is 2.72 bits per heavy atom. The highest BCUT2D eigenvalue weighted by Gasteiger charge is 2.33. The Hall–Kier alpha value is -1.70. The van der Waals surface area contributed by atoms with Crippen LogP contribution in [0.15, 0.2) is 28.6 Å². The van der Waals surface area contributed by atoms with Crippen LogP contribution in [0.3, 0.4) is 0 Å². The zero-order chi connectivity index (χ0) is 20.3. The van der Waals surface area contributed by atoms with E-state index in [0.29, 0.717) is 31.2 Å². The minimum absolute atomic E-state index is 0. The van der Waals surface area contributed by atoms with Gasteiger partial charge < -0.3 is 15.5 Å². The van der Waals surface area contributed by atoms with Crippen LogP contribution in [0.5, 0.6) is 0 Å². The summed E-state index contributed by atoms with van der Waals surface area (Å²) >= 11 is 0.915. The van der Waals surface area contributed by atoms with Gasteiger partial charge in [0.25, 0.3) is 0 Å². The Kier molecular flexibility index (Phi) is 8.02. The predicted octanol–water partition coefficient (Wildman–Crippen LogP) is 4.00. The molecule has 0 bridgehead atoms. The lowest BCUT2D eigenvalue weighted by molar-refractivity contribution is -0.140. The lowest BCUT2D eigenvalue weighted by Gasteiger charge is -2.20. The summed E-state index contributed by atoms with van der Waals surface area (Å²) in [5.74, 6) is -0.835. The summed E-state index contributed by atoms with van der Waals surface area (Å²) in [4.78, 5) is 9.41. The Morgan fingerprint density at radius 2 is 2.10 bits per heavy atom. The van der Waals surface area contributed by atoms with Gasteiger partial charge in [-0.25, -0.2) is 13.8 Å². The number of aromatic nitrogens is 1. The van der Waals surface area contributed by atoms with Gasteiger partial charge in [-0.05, 0) is 18.6 Å². The van der Waals surface area contributed by atoms with Gasteiger partial charge in [-0.15, -0.1) is 35.3 Å². The summed E-state index contributed by atoms with van der Waals surface area (Å²) in [5, 5.41) is 7.35. The van der Waals surface area contributed by atoms with Gasteiger partial charge >= 0.3 is 6.18 Å². The molecule has 0 radical (unpaired) electrons. The molecule has 160 valence electrons. The van der Waals surface area contributed by atoms with E-state index in [9.17, 15) is 22.0 Å². The van der Waals surface area contributed by atoms with Crippen LogP contribution >= 0.6 is 35.3 Å². The number of alkyl halides is 3. The molecule has 2 N–H and O–H groups in total. The molecule has 0 amide bonds. The fourth-order valence-corrected chi connectivity index (χ4v) is 3.64. The van der Waals surface area contributed by atoms with Crippen molar-refractivity contribution in [3.05, 3.63) is 45.9 Å². The van der Waals surface area contributed by atoms with Gasteiger partial charge in [-0.1, -0.05) is 0 Å². The van der Waals surface area contributed by atoms with Gasteiger partial charge in [-0.2, -0.15) is 13.2 Å². The van der Waals surface area contributed by atoms with Crippen molar-refractivity contribution in [3.63, 3.8) is 0 Å². The predicted molar refractivity (Wildman–Crippen MR) is 113 cm³/mol. The van der Waals surface area contributed by atoms with Crippen molar-refractivity contribution >= 4 is 47.0 Å². The number of thiazole rings is 1. The highest BCUT2D eigenvalue weighted by molar-refractivity contribution is 14.0. The molecule has 12 heteroatoms. The molecule has 0 saturated carbocycles. The lowest BCUT2D eigenvalue weighted by atomic mass is 10.2. The molecule has 1 unspecified atom stereocenters. The minimum Gasteiger partial charge on any atom is -0.367 e. The number of anilines is 1. The van der Waals surface area contributed by atoms with Crippen LogP contribution < -0.4 is 15.5 Å². The maximum Gasteiger partial charge on any atom is 0.434 e. The molecule has 1 aliphatic rings. The molecule has 2 aromatic rings. The fourth-order valence-electron chi connectivity index (χ4n) is 2.90. The van der Waals surface area contributed by atoms with Crippen LogP contribution in [0, 0.1) is 11.6 Å². The first-order valence-electron chi connectivity index (χ1n) is 8.45. The van der Waals surface area contributed by atoms with Crippen molar-refractivity contribution in [1.82, 2.24) is 15.6 Å². The summed E-state index contributed by atoms with van der Waals surface area (Å²) in [6, 6.07) is 3.42. The van der Waals surface area contributed by atoms with Crippen molar-refractivity contribution in [2.75, 3.05) is 25.0 Å². The van der Waals surface area contributed by atoms with E-state index < -0.39 is 23.5 Å². The van der Waals surface area contributed by atoms with E-state index in [0.717, 1.165) is 22.8 Å². The summed E-state index contributed by atoms with van der Waals surface area (Å²) in [7, 11) is 1.55. The summed E-state index contributed by atoms with van der Waals surface area (Å²) in [6.07, 6.45) is -3.76. The van der Waals surface area contributed by atoms with Crippen LogP contribution in [0.25, 0.3) is 0 Å². The molecule has 1 atom stereocenters. The number of rotatable bonds is 4. The molecule has 2 heterocycles. The smallest absolute Gasteiger partial charge is 0.367 e. The summed E-state index contributed by atoms with van der Waals surface area (Å²) in [6.45, 7) is 1.17. The van der Waals surface area contributed by atoms with Crippen LogP contribution in [0.1, 0.15) is 17.1 Å². The number of benzene rings is 1. The van der Waals surface area contributed by atoms with Crippen LogP contribution in [0.2, 0.25) is 0 Å². The zero-order valence-corrected chi connectivity index (χ0v) is 18.4. The average molecular weight is 547 g/mol. The zero-order valence-electron chi connectivity index (χ0n) is 15.3. The number of hydrogen-bond acceptors (Lipinski definition) is 4. The quantitative estimate of drug-likeness (QED) is 0.263. The third kappa shape index (κ3) is 6.14. The molecule has 1 saturated heterocycles. The summed E-state index contributed by atoms with van der Waals surface area (Å²) < 4.78 is 64.8. The Balaban J connectivity index is 0.00000300. The maximum atomic E-state index is 13.9. The number of hydrogen-bond donors (Lipinski definition) is 2. The largest absolute Gasteiger partial charge is 0.434 e. The fraction of sp³-hybridized carbons (Fsp3) is 0.412. The topological polar surface area (TPSA) is 52.6 Å². The Morgan fingerprint density at radius 1 is 1.34 bits per heavy atom. The van der Waals surface area contributed by atoms with E-state index >= 15 is 0 Å². The third-order valence-electron chi connectivity index (χ3n) is 4.25. The van der Waals surface area contributed by atoms with E-state index in [4.69, 9.17) is 0 Å². The highest BCUT2D eigenvalue weighted by Crippen LogP contribution is 2.30. The molecule has 3 rings (SSSR count). The molecular formula is C17H19F5IN5S. The summed E-state index contributed by atoms with van der Waals surface area (Å²) in [5.41, 5.74) is -0.582. The maximum absolute atomic E-state index is 13.9. The first kappa shape index (κ1) is 23.6. The third-order valence-corrected chi connectivity index (χ3v) is 5.10. The number of guanidine groups is 1. The standard InChI is InChI=1S/C17H18F5N5S.HI/c1-23-16(24-7-15-26-14(9-28-15)17(20,21)22)25-11-4-5-27(8-11)13-3-2-10(18)6-12(13)19;/h2-3,6,9,11H,4-5,7-8H2,1H3,(H2,23,24,25);1H. The normalized spacial score (nSPS) is 17.2. The van der Waals surface area contributed by atoms with E-state index in [1.165, 1.54) is 12.1 Å². The highest BCUT2D eigenvalue weighted by atomic mass is 127. The van der Waals surface area contributed by atoms with Crippen molar-refractivity contribution in [1.29, 1.82) is 0 Å².